The maximum atomic E-state index is 13.6. The largest absolute Gasteiger partial charge is 0.462 e. The Morgan fingerprint density at radius 2 is 1.85 bits per heavy atom. The highest BCUT2D eigenvalue weighted by atomic mass is 79.9. The molecule has 0 saturated carbocycles. The highest BCUT2D eigenvalue weighted by molar-refractivity contribution is 9.10. The van der Waals surface area contributed by atoms with Crippen LogP contribution in [0.4, 0.5) is 0 Å². The van der Waals surface area contributed by atoms with Gasteiger partial charge >= 0.3 is 5.97 Å². The second-order valence-corrected chi connectivity index (χ2v) is 10.4. The van der Waals surface area contributed by atoms with Gasteiger partial charge in [0, 0.05) is 38.8 Å². The maximum Gasteiger partial charge on any atom is 0.336 e. The van der Waals surface area contributed by atoms with Crippen molar-refractivity contribution in [3.05, 3.63) is 91.7 Å². The second-order valence-electron chi connectivity index (χ2n) is 9.08. The van der Waals surface area contributed by atoms with Crippen LogP contribution in [0.2, 0.25) is 5.02 Å². The summed E-state index contributed by atoms with van der Waals surface area (Å²) >= 11 is 9.70. The summed E-state index contributed by atoms with van der Waals surface area (Å²) < 4.78 is 6.48. The summed E-state index contributed by atoms with van der Waals surface area (Å²) in [6.07, 6.45) is 1.08. The third-order valence-electron chi connectivity index (χ3n) is 6.15. The van der Waals surface area contributed by atoms with Gasteiger partial charge in [0.1, 0.15) is 0 Å². The standard InChI is InChI=1S/C27H27BrClNO3/c1-15(2)14-33-27(32)24-16(3)30-22-12-18(17-8-10-19(29)11-9-17)13-23(31)26(22)25(24)20-6-4-5-7-21(20)28/h4-11,15,18,25,30H,12-14H2,1-3H3/t18-,25+/m0/s1. The van der Waals surface area contributed by atoms with Crippen molar-refractivity contribution in [1.29, 1.82) is 0 Å². The Morgan fingerprint density at radius 1 is 1.15 bits per heavy atom. The number of nitrogens with one attached hydrogen (secondary N) is 1. The molecule has 1 aliphatic carbocycles. The quantitative estimate of drug-likeness (QED) is 0.441. The number of ether oxygens (including phenoxy) is 1. The molecule has 172 valence electrons. The summed E-state index contributed by atoms with van der Waals surface area (Å²) in [5.41, 5.74) is 4.74. The first-order valence-corrected chi connectivity index (χ1v) is 12.3. The van der Waals surface area contributed by atoms with E-state index in [9.17, 15) is 9.59 Å². The molecule has 4 rings (SSSR count). The molecule has 1 heterocycles. The van der Waals surface area contributed by atoms with E-state index in [1.165, 1.54) is 0 Å². The number of Topliss-reactive ketones (excluding diaryl/α,β-unsaturated/α-hetero) is 1. The lowest BCUT2D eigenvalue weighted by molar-refractivity contribution is -0.140. The van der Waals surface area contributed by atoms with E-state index in [2.05, 4.69) is 21.2 Å². The van der Waals surface area contributed by atoms with Crippen LogP contribution in [-0.4, -0.2) is 18.4 Å². The van der Waals surface area contributed by atoms with Crippen LogP contribution >= 0.6 is 27.5 Å². The Bertz CT molecular complexity index is 1150. The normalized spacial score (nSPS) is 20.6. The number of allylic oxidation sites excluding steroid dienone is 3. The molecule has 0 bridgehead atoms. The molecule has 1 N–H and O–H groups in total. The van der Waals surface area contributed by atoms with Gasteiger partial charge < -0.3 is 10.1 Å². The van der Waals surface area contributed by atoms with Crippen molar-refractivity contribution in [2.45, 2.75) is 45.4 Å². The topological polar surface area (TPSA) is 55.4 Å². The number of dihydropyridines is 1. The summed E-state index contributed by atoms with van der Waals surface area (Å²) in [7, 11) is 0. The molecule has 4 nitrogen and oxygen atoms in total. The number of carbonyl (C=O) groups is 2. The first-order chi connectivity index (χ1) is 15.8. The average molecular weight is 529 g/mol. The van der Waals surface area contributed by atoms with Crippen molar-refractivity contribution in [3.63, 3.8) is 0 Å². The maximum absolute atomic E-state index is 13.6. The first kappa shape index (κ1) is 23.8. The van der Waals surface area contributed by atoms with Crippen molar-refractivity contribution < 1.29 is 14.3 Å². The Labute approximate surface area is 208 Å². The Hall–Kier alpha value is -2.37. The van der Waals surface area contributed by atoms with Crippen molar-refractivity contribution in [1.82, 2.24) is 5.32 Å². The predicted octanol–water partition coefficient (Wildman–Crippen LogP) is 6.66. The van der Waals surface area contributed by atoms with Crippen molar-refractivity contribution in [2.75, 3.05) is 6.61 Å². The fourth-order valence-corrected chi connectivity index (χ4v) is 5.26. The summed E-state index contributed by atoms with van der Waals surface area (Å²) in [5, 5.41) is 4.07. The van der Waals surface area contributed by atoms with Crippen LogP contribution in [0.3, 0.4) is 0 Å². The van der Waals surface area contributed by atoms with E-state index in [1.807, 2.05) is 69.3 Å². The summed E-state index contributed by atoms with van der Waals surface area (Å²) in [6.45, 7) is 6.22. The van der Waals surface area contributed by atoms with E-state index in [0.717, 1.165) is 27.0 Å². The molecular formula is C27H27BrClNO3. The minimum atomic E-state index is -0.477. The predicted molar refractivity (Wildman–Crippen MR) is 134 cm³/mol. The third kappa shape index (κ3) is 4.95. The molecule has 2 aliphatic rings. The molecule has 0 aromatic heterocycles. The van der Waals surface area contributed by atoms with Gasteiger partial charge in [-0.25, -0.2) is 4.79 Å². The average Bonchev–Trinajstić information content (AvgIpc) is 2.77. The number of hydrogen-bond donors (Lipinski definition) is 1. The lowest BCUT2D eigenvalue weighted by Gasteiger charge is -2.37. The molecule has 1 aliphatic heterocycles. The molecular weight excluding hydrogens is 502 g/mol. The fraction of sp³-hybridized carbons (Fsp3) is 0.333. The number of halogens is 2. The van der Waals surface area contributed by atoms with Gasteiger partial charge in [-0.1, -0.05) is 71.7 Å². The Kier molecular flexibility index (Phi) is 7.10. The van der Waals surface area contributed by atoms with E-state index >= 15 is 0 Å². The molecule has 0 saturated heterocycles. The zero-order valence-corrected chi connectivity index (χ0v) is 21.3. The lowest BCUT2D eigenvalue weighted by Crippen LogP contribution is -2.36. The number of rotatable bonds is 5. The Morgan fingerprint density at radius 3 is 2.52 bits per heavy atom. The van der Waals surface area contributed by atoms with Crippen LogP contribution in [0, 0.1) is 5.92 Å². The van der Waals surface area contributed by atoms with Gasteiger partial charge in [-0.3, -0.25) is 4.79 Å². The number of esters is 1. The molecule has 2 atom stereocenters. The summed E-state index contributed by atoms with van der Waals surface area (Å²) in [6, 6.07) is 15.4. The van der Waals surface area contributed by atoms with Crippen LogP contribution in [0.1, 0.15) is 56.6 Å². The van der Waals surface area contributed by atoms with Gasteiger partial charge in [-0.2, -0.15) is 0 Å². The van der Waals surface area contributed by atoms with Crippen LogP contribution in [0.25, 0.3) is 0 Å². The van der Waals surface area contributed by atoms with Crippen molar-refractivity contribution >= 4 is 39.3 Å². The highest BCUT2D eigenvalue weighted by Gasteiger charge is 2.42. The number of benzene rings is 2. The van der Waals surface area contributed by atoms with E-state index in [0.29, 0.717) is 35.6 Å². The van der Waals surface area contributed by atoms with E-state index < -0.39 is 5.92 Å². The van der Waals surface area contributed by atoms with Gasteiger partial charge in [0.25, 0.3) is 0 Å². The van der Waals surface area contributed by atoms with Crippen LogP contribution < -0.4 is 5.32 Å². The summed E-state index contributed by atoms with van der Waals surface area (Å²) in [4.78, 5) is 26.8. The minimum Gasteiger partial charge on any atom is -0.462 e. The van der Waals surface area contributed by atoms with Crippen LogP contribution in [-0.2, 0) is 14.3 Å². The molecule has 0 radical (unpaired) electrons. The monoisotopic (exact) mass is 527 g/mol. The van der Waals surface area contributed by atoms with Crippen LogP contribution in [0.15, 0.2) is 75.5 Å². The van der Waals surface area contributed by atoms with Gasteiger partial charge in [0.15, 0.2) is 5.78 Å². The van der Waals surface area contributed by atoms with Gasteiger partial charge in [-0.15, -0.1) is 0 Å². The van der Waals surface area contributed by atoms with Gasteiger partial charge in [0.2, 0.25) is 0 Å². The molecule has 33 heavy (non-hydrogen) atoms. The molecule has 2 aromatic carbocycles. The zero-order valence-electron chi connectivity index (χ0n) is 19.0. The lowest BCUT2D eigenvalue weighted by atomic mass is 9.72. The first-order valence-electron chi connectivity index (χ1n) is 11.2. The molecule has 0 unspecified atom stereocenters. The molecule has 2 aromatic rings. The molecule has 0 amide bonds. The Balaban J connectivity index is 1.77. The highest BCUT2D eigenvalue weighted by Crippen LogP contribution is 2.47. The number of carbonyl (C=O) groups excluding carboxylic acids is 2. The van der Waals surface area contributed by atoms with E-state index in [-0.39, 0.29) is 23.6 Å². The van der Waals surface area contributed by atoms with Crippen molar-refractivity contribution in [2.24, 2.45) is 5.92 Å². The van der Waals surface area contributed by atoms with E-state index in [1.54, 1.807) is 0 Å². The fourth-order valence-electron chi connectivity index (χ4n) is 4.62. The minimum absolute atomic E-state index is 0.0473. The number of hydrogen-bond acceptors (Lipinski definition) is 4. The SMILES string of the molecule is CC1=C(C(=O)OCC(C)C)[C@@H](c2ccccc2Br)C2=C(C[C@H](c3ccc(Cl)cc3)CC2=O)N1. The number of ketones is 1. The molecule has 0 spiro atoms. The third-order valence-corrected chi connectivity index (χ3v) is 7.13. The second kappa shape index (κ2) is 9.86. The van der Waals surface area contributed by atoms with E-state index in [4.69, 9.17) is 16.3 Å². The zero-order chi connectivity index (χ0) is 23.7. The van der Waals surface area contributed by atoms with Gasteiger partial charge in [0.05, 0.1) is 12.2 Å². The molecule has 6 heteroatoms. The molecule has 0 fully saturated rings. The van der Waals surface area contributed by atoms with Gasteiger partial charge in [-0.05, 0) is 54.5 Å². The summed E-state index contributed by atoms with van der Waals surface area (Å²) in [5.74, 6) is -0.530. The smallest absolute Gasteiger partial charge is 0.336 e. The van der Waals surface area contributed by atoms with Crippen LogP contribution in [0.5, 0.6) is 0 Å². The van der Waals surface area contributed by atoms with Crippen molar-refractivity contribution in [3.8, 4) is 0 Å².